The molecular formula is C12H22N2O2. The number of amides is 1. The molecule has 2 aliphatic rings. The van der Waals surface area contributed by atoms with Crippen molar-refractivity contribution >= 4 is 5.91 Å². The maximum Gasteiger partial charge on any atom is 0.237 e. The Morgan fingerprint density at radius 1 is 1.44 bits per heavy atom. The molecule has 0 spiro atoms. The Kier molecular flexibility index (Phi) is 2.97. The van der Waals surface area contributed by atoms with Gasteiger partial charge in [0.25, 0.3) is 0 Å². The van der Waals surface area contributed by atoms with E-state index in [1.807, 2.05) is 20.8 Å². The first-order valence-corrected chi connectivity index (χ1v) is 6.15. The number of hydrogen-bond acceptors (Lipinski definition) is 3. The van der Waals surface area contributed by atoms with Crippen molar-refractivity contribution in [1.29, 1.82) is 0 Å². The Bertz CT molecular complexity index is 287. The predicted octanol–water partition coefficient (Wildman–Crippen LogP) is 0.402. The summed E-state index contributed by atoms with van der Waals surface area (Å²) in [4.78, 5) is 11.7. The summed E-state index contributed by atoms with van der Waals surface area (Å²) in [5, 5.41) is 15.9. The van der Waals surface area contributed by atoms with E-state index in [9.17, 15) is 9.90 Å². The highest BCUT2D eigenvalue weighted by Gasteiger charge is 2.47. The zero-order valence-corrected chi connectivity index (χ0v) is 10.3. The smallest absolute Gasteiger partial charge is 0.237 e. The minimum absolute atomic E-state index is 0.0830. The van der Waals surface area contributed by atoms with E-state index in [2.05, 4.69) is 10.6 Å². The Morgan fingerprint density at radius 3 is 2.50 bits per heavy atom. The quantitative estimate of drug-likeness (QED) is 0.650. The van der Waals surface area contributed by atoms with Gasteiger partial charge in [-0.05, 0) is 26.2 Å². The van der Waals surface area contributed by atoms with Gasteiger partial charge in [0.2, 0.25) is 5.91 Å². The van der Waals surface area contributed by atoms with E-state index >= 15 is 0 Å². The molecule has 0 radical (unpaired) electrons. The number of aliphatic hydroxyl groups excluding tert-OH is 1. The average molecular weight is 226 g/mol. The molecule has 0 saturated heterocycles. The lowest BCUT2D eigenvalue weighted by Gasteiger charge is -2.50. The van der Waals surface area contributed by atoms with Gasteiger partial charge in [-0.1, -0.05) is 13.8 Å². The van der Waals surface area contributed by atoms with Crippen LogP contribution in [0, 0.1) is 5.41 Å². The van der Waals surface area contributed by atoms with Gasteiger partial charge in [-0.25, -0.2) is 0 Å². The van der Waals surface area contributed by atoms with Crippen molar-refractivity contribution < 1.29 is 9.90 Å². The Labute approximate surface area is 96.8 Å². The van der Waals surface area contributed by atoms with Gasteiger partial charge in [0, 0.05) is 17.5 Å². The second-order valence-electron chi connectivity index (χ2n) is 5.80. The van der Waals surface area contributed by atoms with Gasteiger partial charge in [-0.2, -0.15) is 0 Å². The van der Waals surface area contributed by atoms with E-state index in [4.69, 9.17) is 0 Å². The zero-order valence-electron chi connectivity index (χ0n) is 10.3. The summed E-state index contributed by atoms with van der Waals surface area (Å²) in [5.41, 5.74) is -0.117. The van der Waals surface area contributed by atoms with E-state index in [-0.39, 0.29) is 29.5 Å². The molecular weight excluding hydrogens is 204 g/mol. The Balaban J connectivity index is 1.78. The van der Waals surface area contributed by atoms with Crippen LogP contribution < -0.4 is 10.6 Å². The number of nitrogens with one attached hydrogen (secondary N) is 2. The molecule has 3 atom stereocenters. The van der Waals surface area contributed by atoms with Gasteiger partial charge in [-0.15, -0.1) is 0 Å². The maximum atomic E-state index is 11.7. The van der Waals surface area contributed by atoms with Gasteiger partial charge >= 0.3 is 0 Å². The second-order valence-corrected chi connectivity index (χ2v) is 5.80. The summed E-state index contributed by atoms with van der Waals surface area (Å²) in [6.45, 7) is 5.95. The van der Waals surface area contributed by atoms with Crippen LogP contribution in [0.2, 0.25) is 0 Å². The summed E-state index contributed by atoms with van der Waals surface area (Å²) in [5.74, 6) is 0.0830. The van der Waals surface area contributed by atoms with Crippen LogP contribution in [0.1, 0.15) is 40.0 Å². The highest BCUT2D eigenvalue weighted by atomic mass is 16.3. The van der Waals surface area contributed by atoms with Crippen LogP contribution in [0.3, 0.4) is 0 Å². The summed E-state index contributed by atoms with van der Waals surface area (Å²) in [6, 6.07) is 0.483. The summed E-state index contributed by atoms with van der Waals surface area (Å²) in [6.07, 6.45) is 2.73. The monoisotopic (exact) mass is 226 g/mol. The molecule has 92 valence electrons. The first kappa shape index (κ1) is 11.9. The van der Waals surface area contributed by atoms with Crippen molar-refractivity contribution in [3.05, 3.63) is 0 Å². The molecule has 2 aliphatic carbocycles. The molecule has 3 unspecified atom stereocenters. The molecule has 2 rings (SSSR count). The molecule has 4 heteroatoms. The maximum absolute atomic E-state index is 11.7. The lowest BCUT2D eigenvalue weighted by atomic mass is 9.64. The Hall–Kier alpha value is -0.610. The minimum atomic E-state index is -0.247. The molecule has 4 nitrogen and oxygen atoms in total. The summed E-state index contributed by atoms with van der Waals surface area (Å²) in [7, 11) is 0. The van der Waals surface area contributed by atoms with Crippen LogP contribution >= 0.6 is 0 Å². The summed E-state index contributed by atoms with van der Waals surface area (Å²) < 4.78 is 0. The molecule has 2 fully saturated rings. The van der Waals surface area contributed by atoms with E-state index < -0.39 is 0 Å². The molecule has 0 heterocycles. The molecule has 3 N–H and O–H groups in total. The van der Waals surface area contributed by atoms with Crippen molar-refractivity contribution in [2.45, 2.75) is 64.3 Å². The Morgan fingerprint density at radius 2 is 2.06 bits per heavy atom. The molecule has 16 heavy (non-hydrogen) atoms. The highest BCUT2D eigenvalue weighted by molar-refractivity contribution is 5.81. The molecule has 0 aromatic rings. The minimum Gasteiger partial charge on any atom is -0.392 e. The number of hydrogen-bond donors (Lipinski definition) is 3. The van der Waals surface area contributed by atoms with Gasteiger partial charge in [0.15, 0.2) is 0 Å². The first-order valence-electron chi connectivity index (χ1n) is 6.15. The molecule has 0 aliphatic heterocycles. The summed E-state index contributed by atoms with van der Waals surface area (Å²) >= 11 is 0. The molecule has 0 aromatic heterocycles. The number of carbonyl (C=O) groups excluding carboxylic acids is 1. The van der Waals surface area contributed by atoms with Crippen LogP contribution in [-0.4, -0.2) is 35.2 Å². The van der Waals surface area contributed by atoms with Crippen LogP contribution in [0.4, 0.5) is 0 Å². The fourth-order valence-electron chi connectivity index (χ4n) is 2.12. The SMILES string of the molecule is CC(NC1CC(O)C1(C)C)C(=O)NC1CC1. The van der Waals surface area contributed by atoms with Crippen molar-refractivity contribution in [3.63, 3.8) is 0 Å². The topological polar surface area (TPSA) is 61.4 Å². The fraction of sp³-hybridized carbons (Fsp3) is 0.917. The number of carbonyl (C=O) groups is 1. The largest absolute Gasteiger partial charge is 0.392 e. The van der Waals surface area contributed by atoms with Crippen molar-refractivity contribution in [2.75, 3.05) is 0 Å². The molecule has 0 bridgehead atoms. The lowest BCUT2D eigenvalue weighted by molar-refractivity contribution is -0.125. The van der Waals surface area contributed by atoms with E-state index in [0.29, 0.717) is 6.04 Å². The fourth-order valence-corrected chi connectivity index (χ4v) is 2.12. The van der Waals surface area contributed by atoms with E-state index in [0.717, 1.165) is 19.3 Å². The van der Waals surface area contributed by atoms with E-state index in [1.54, 1.807) is 0 Å². The predicted molar refractivity (Wildman–Crippen MR) is 62.0 cm³/mol. The number of rotatable bonds is 4. The third-order valence-electron chi connectivity index (χ3n) is 3.98. The zero-order chi connectivity index (χ0) is 11.9. The molecule has 1 amide bonds. The highest BCUT2D eigenvalue weighted by Crippen LogP contribution is 2.40. The van der Waals surface area contributed by atoms with Gasteiger partial charge in [0.1, 0.15) is 0 Å². The normalized spacial score (nSPS) is 34.0. The standard InChI is InChI=1S/C12H22N2O2/c1-7(11(16)14-8-4-5-8)13-9-6-10(15)12(9,2)3/h7-10,13,15H,4-6H2,1-3H3,(H,14,16). The van der Waals surface area contributed by atoms with Crippen LogP contribution in [0.5, 0.6) is 0 Å². The van der Waals surface area contributed by atoms with Crippen LogP contribution in [0.15, 0.2) is 0 Å². The number of aliphatic hydroxyl groups is 1. The van der Waals surface area contributed by atoms with Crippen molar-refractivity contribution in [3.8, 4) is 0 Å². The van der Waals surface area contributed by atoms with Gasteiger partial charge < -0.3 is 15.7 Å². The van der Waals surface area contributed by atoms with Crippen LogP contribution in [-0.2, 0) is 4.79 Å². The lowest BCUT2D eigenvalue weighted by Crippen LogP contribution is -2.63. The average Bonchev–Trinajstić information content (AvgIpc) is 3.01. The van der Waals surface area contributed by atoms with Gasteiger partial charge in [-0.3, -0.25) is 4.79 Å². The molecule has 2 saturated carbocycles. The molecule has 0 aromatic carbocycles. The third-order valence-corrected chi connectivity index (χ3v) is 3.98. The van der Waals surface area contributed by atoms with Crippen LogP contribution in [0.25, 0.3) is 0 Å². The van der Waals surface area contributed by atoms with E-state index in [1.165, 1.54) is 0 Å². The van der Waals surface area contributed by atoms with Crippen molar-refractivity contribution in [2.24, 2.45) is 5.41 Å². The third kappa shape index (κ3) is 2.23. The first-order chi connectivity index (χ1) is 7.41. The van der Waals surface area contributed by atoms with Gasteiger partial charge in [0.05, 0.1) is 12.1 Å². The second kappa shape index (κ2) is 4.00. The van der Waals surface area contributed by atoms with Crippen molar-refractivity contribution in [1.82, 2.24) is 10.6 Å².